The molecule has 0 saturated heterocycles. The van der Waals surface area contributed by atoms with E-state index in [2.05, 4.69) is 85.7 Å². The first-order chi connectivity index (χ1) is 19.1. The second kappa shape index (κ2) is 9.23. The van der Waals surface area contributed by atoms with E-state index >= 15 is 0 Å². The van der Waals surface area contributed by atoms with Crippen LogP contribution in [0.15, 0.2) is 54.7 Å². The average Bonchev–Trinajstić information content (AvgIpc) is 3.31. The van der Waals surface area contributed by atoms with Gasteiger partial charge in [0.25, 0.3) is 0 Å². The van der Waals surface area contributed by atoms with Gasteiger partial charge in [-0.2, -0.15) is 5.21 Å². The van der Waals surface area contributed by atoms with E-state index < -0.39 is 0 Å². The Hall–Kier alpha value is -4.73. The van der Waals surface area contributed by atoms with Gasteiger partial charge < -0.3 is 4.57 Å². The first kappa shape index (κ1) is 23.4. The maximum absolute atomic E-state index is 4.89. The summed E-state index contributed by atoms with van der Waals surface area (Å²) in [6.45, 7) is 6.98. The molecule has 0 radical (unpaired) electrons. The predicted molar refractivity (Wildman–Crippen MR) is 147 cm³/mol. The van der Waals surface area contributed by atoms with Crippen LogP contribution in [0.4, 0.5) is 0 Å². The number of hydrogen-bond donors (Lipinski definition) is 1. The highest BCUT2D eigenvalue weighted by Crippen LogP contribution is 2.39. The molecule has 1 aliphatic carbocycles. The Bertz CT molecular complexity index is 1790. The smallest absolute Gasteiger partial charge is 0.205 e. The van der Waals surface area contributed by atoms with Gasteiger partial charge >= 0.3 is 0 Å². The second-order valence-electron chi connectivity index (χ2n) is 10.2. The molecule has 4 heterocycles. The van der Waals surface area contributed by atoms with Crippen molar-refractivity contribution in [3.63, 3.8) is 0 Å². The number of nitrogens with one attached hydrogen (secondary N) is 1. The number of fused-ring (bicyclic) bond motifs is 1. The number of nitrogens with zero attached hydrogens (tertiary/aromatic N) is 9. The molecule has 1 N–H and O–H groups in total. The Balaban J connectivity index is 1.26. The zero-order valence-electron chi connectivity index (χ0n) is 22.1. The van der Waals surface area contributed by atoms with Gasteiger partial charge in [-0.25, -0.2) is 14.6 Å². The fourth-order valence-electron chi connectivity index (χ4n) is 5.21. The number of aromatic amines is 1. The van der Waals surface area contributed by atoms with Gasteiger partial charge in [0.2, 0.25) is 5.82 Å². The third kappa shape index (κ3) is 4.27. The number of tetrazole rings is 1. The van der Waals surface area contributed by atoms with Crippen molar-refractivity contribution in [3.8, 4) is 28.2 Å². The van der Waals surface area contributed by atoms with E-state index in [0.717, 1.165) is 62.7 Å². The summed E-state index contributed by atoms with van der Waals surface area (Å²) >= 11 is 0. The lowest BCUT2D eigenvalue weighted by Gasteiger charge is -2.12. The van der Waals surface area contributed by atoms with Crippen molar-refractivity contribution in [2.24, 2.45) is 0 Å². The van der Waals surface area contributed by atoms with Gasteiger partial charge in [-0.1, -0.05) is 36.4 Å². The summed E-state index contributed by atoms with van der Waals surface area (Å²) in [5.41, 5.74) is 10.2. The zero-order chi connectivity index (χ0) is 26.5. The Morgan fingerprint density at radius 2 is 1.79 bits per heavy atom. The van der Waals surface area contributed by atoms with Crippen molar-refractivity contribution in [3.05, 3.63) is 83.1 Å². The van der Waals surface area contributed by atoms with Gasteiger partial charge in [-0.05, 0) is 78.4 Å². The topological polar surface area (TPSA) is 116 Å². The van der Waals surface area contributed by atoms with Crippen LogP contribution in [0.5, 0.6) is 0 Å². The number of rotatable bonds is 7. The van der Waals surface area contributed by atoms with E-state index in [-0.39, 0.29) is 0 Å². The largest absolute Gasteiger partial charge is 0.308 e. The zero-order valence-corrected chi connectivity index (χ0v) is 22.1. The van der Waals surface area contributed by atoms with Crippen LogP contribution in [-0.2, 0) is 13.0 Å². The lowest BCUT2D eigenvalue weighted by Crippen LogP contribution is -2.05. The van der Waals surface area contributed by atoms with Gasteiger partial charge in [0.1, 0.15) is 11.3 Å². The molecule has 0 amide bonds. The Morgan fingerprint density at radius 3 is 2.54 bits per heavy atom. The number of hydrogen-bond acceptors (Lipinski definition) is 7. The highest BCUT2D eigenvalue weighted by Gasteiger charge is 2.27. The van der Waals surface area contributed by atoms with Crippen LogP contribution in [0.1, 0.15) is 54.0 Å². The summed E-state index contributed by atoms with van der Waals surface area (Å²) in [4.78, 5) is 9.72. The molecular weight excluding hydrogens is 488 g/mol. The number of pyridine rings is 1. The molecule has 39 heavy (non-hydrogen) atoms. The molecular formula is C29H28N10. The first-order valence-corrected chi connectivity index (χ1v) is 13.3. The Kier molecular flexibility index (Phi) is 5.54. The summed E-state index contributed by atoms with van der Waals surface area (Å²) in [5.74, 6) is 2.14. The minimum Gasteiger partial charge on any atom is -0.308 e. The monoisotopic (exact) mass is 516 g/mol. The minimum absolute atomic E-state index is 0.548. The number of imidazole rings is 1. The van der Waals surface area contributed by atoms with Gasteiger partial charge in [-0.15, -0.1) is 15.3 Å². The number of benzene rings is 2. The highest BCUT2D eigenvalue weighted by molar-refractivity contribution is 5.82. The Labute approximate surface area is 225 Å². The molecule has 2 aromatic carbocycles. The number of aromatic nitrogens is 10. The van der Waals surface area contributed by atoms with Crippen molar-refractivity contribution in [1.82, 2.24) is 50.2 Å². The second-order valence-corrected chi connectivity index (χ2v) is 10.2. The SMILES string of the molecule is CCc1nc2c(C)cc(C)nc2n1Cc1ccc(-c2cc(-n3cc(C4CC4)nn3)ccc2-c2nn[nH]n2)cc1. The van der Waals surface area contributed by atoms with E-state index in [1.54, 1.807) is 0 Å². The van der Waals surface area contributed by atoms with Crippen molar-refractivity contribution in [2.45, 2.75) is 52.5 Å². The first-order valence-electron chi connectivity index (χ1n) is 13.3. The summed E-state index contributed by atoms with van der Waals surface area (Å²) < 4.78 is 4.08. The molecule has 1 saturated carbocycles. The molecule has 4 aromatic heterocycles. The van der Waals surface area contributed by atoms with Crippen LogP contribution in [0.3, 0.4) is 0 Å². The van der Waals surface area contributed by atoms with Gasteiger partial charge in [-0.3, -0.25) is 0 Å². The van der Waals surface area contributed by atoms with Crippen LogP contribution in [-0.4, -0.2) is 50.2 Å². The van der Waals surface area contributed by atoms with E-state index in [1.807, 2.05) is 29.9 Å². The molecule has 7 rings (SSSR count). The minimum atomic E-state index is 0.548. The molecule has 0 aliphatic heterocycles. The van der Waals surface area contributed by atoms with Crippen LogP contribution in [0.25, 0.3) is 39.4 Å². The summed E-state index contributed by atoms with van der Waals surface area (Å²) in [6, 6.07) is 16.8. The quantitative estimate of drug-likeness (QED) is 0.319. The van der Waals surface area contributed by atoms with Crippen molar-refractivity contribution in [1.29, 1.82) is 0 Å². The fourth-order valence-corrected chi connectivity index (χ4v) is 5.21. The van der Waals surface area contributed by atoms with E-state index in [1.165, 1.54) is 18.4 Å². The van der Waals surface area contributed by atoms with E-state index in [9.17, 15) is 0 Å². The maximum Gasteiger partial charge on any atom is 0.205 e. The van der Waals surface area contributed by atoms with Gasteiger partial charge in [0, 0.05) is 23.6 Å². The Morgan fingerprint density at radius 1 is 0.949 bits per heavy atom. The molecule has 0 spiro atoms. The van der Waals surface area contributed by atoms with Crippen molar-refractivity contribution in [2.75, 3.05) is 0 Å². The van der Waals surface area contributed by atoms with Crippen LogP contribution in [0.2, 0.25) is 0 Å². The molecule has 10 nitrogen and oxygen atoms in total. The third-order valence-electron chi connectivity index (χ3n) is 7.38. The van der Waals surface area contributed by atoms with Crippen LogP contribution in [0, 0.1) is 13.8 Å². The normalized spacial score (nSPS) is 13.4. The molecule has 0 bridgehead atoms. The molecule has 194 valence electrons. The predicted octanol–water partition coefficient (Wildman–Crippen LogP) is 4.96. The average molecular weight is 517 g/mol. The molecule has 6 aromatic rings. The summed E-state index contributed by atoms with van der Waals surface area (Å²) in [7, 11) is 0. The number of aryl methyl sites for hydroxylation is 3. The van der Waals surface area contributed by atoms with Crippen LogP contribution < -0.4 is 0 Å². The van der Waals surface area contributed by atoms with Crippen LogP contribution >= 0.6 is 0 Å². The molecule has 1 aliphatic rings. The lowest BCUT2D eigenvalue weighted by molar-refractivity contribution is 0.745. The summed E-state index contributed by atoms with van der Waals surface area (Å²) in [6.07, 6.45) is 5.26. The van der Waals surface area contributed by atoms with E-state index in [0.29, 0.717) is 18.3 Å². The third-order valence-corrected chi connectivity index (χ3v) is 7.38. The molecule has 0 unspecified atom stereocenters. The fraction of sp³-hybridized carbons (Fsp3) is 0.276. The standard InChI is InChI=1S/C29H28N10/c1-4-26-31-27-17(2)13-18(3)30-29(27)38(26)15-19-5-7-20(8-6-19)24-14-22(11-12-23(24)28-33-35-36-34-28)39-16-25(32-37-39)21-9-10-21/h5-8,11-14,16,21H,4,9-10,15H2,1-3H3,(H,33,34,35,36). The molecule has 1 fully saturated rings. The summed E-state index contributed by atoms with van der Waals surface area (Å²) in [5, 5.41) is 23.6. The molecule has 10 heteroatoms. The maximum atomic E-state index is 4.89. The van der Waals surface area contributed by atoms with Gasteiger partial charge in [0.15, 0.2) is 5.65 Å². The van der Waals surface area contributed by atoms with Crippen molar-refractivity contribution < 1.29 is 0 Å². The lowest BCUT2D eigenvalue weighted by atomic mass is 9.97. The molecule has 0 atom stereocenters. The highest BCUT2D eigenvalue weighted by atomic mass is 15.5. The number of H-pyrrole nitrogens is 1. The van der Waals surface area contributed by atoms with Crippen molar-refractivity contribution >= 4 is 11.2 Å². The van der Waals surface area contributed by atoms with Gasteiger partial charge in [0.05, 0.1) is 24.1 Å². The van der Waals surface area contributed by atoms with E-state index in [4.69, 9.17) is 9.97 Å².